The first-order valence-electron chi connectivity index (χ1n) is 3.98. The number of aliphatic hydroxyl groups excluding tert-OH is 1. The van der Waals surface area contributed by atoms with E-state index < -0.39 is 6.10 Å². The van der Waals surface area contributed by atoms with Gasteiger partial charge >= 0.3 is 0 Å². The topological polar surface area (TPSA) is 46.2 Å². The molecule has 0 saturated heterocycles. The molecule has 3 heteroatoms. The Labute approximate surface area is 82.5 Å². The van der Waals surface area contributed by atoms with Crippen LogP contribution in [0.5, 0.6) is 0 Å². The van der Waals surface area contributed by atoms with Gasteiger partial charge < -0.3 is 10.8 Å². The van der Waals surface area contributed by atoms with Gasteiger partial charge in [0.2, 0.25) is 0 Å². The van der Waals surface area contributed by atoms with Crippen LogP contribution in [0, 0.1) is 0 Å². The van der Waals surface area contributed by atoms with E-state index in [1.54, 1.807) is 17.8 Å². The summed E-state index contributed by atoms with van der Waals surface area (Å²) in [5, 5.41) is 9.51. The predicted octanol–water partition coefficient (Wildman–Crippen LogP) is 1.91. The van der Waals surface area contributed by atoms with Gasteiger partial charge in [0.25, 0.3) is 0 Å². The summed E-state index contributed by atoms with van der Waals surface area (Å²) in [7, 11) is 0. The Bertz CT molecular complexity index is 281. The maximum absolute atomic E-state index is 9.51. The zero-order valence-corrected chi connectivity index (χ0v) is 8.29. The number of hydrogen-bond acceptors (Lipinski definition) is 3. The summed E-state index contributed by atoms with van der Waals surface area (Å²) >= 11 is 1.68. The molecule has 2 nitrogen and oxygen atoms in total. The van der Waals surface area contributed by atoms with E-state index in [4.69, 9.17) is 5.73 Å². The highest BCUT2D eigenvalue weighted by Crippen LogP contribution is 2.19. The van der Waals surface area contributed by atoms with Gasteiger partial charge in [-0.15, -0.1) is 11.8 Å². The van der Waals surface area contributed by atoms with Crippen molar-refractivity contribution in [2.24, 2.45) is 5.73 Å². The molecule has 0 saturated carbocycles. The van der Waals surface area contributed by atoms with Gasteiger partial charge in [0.1, 0.15) is 0 Å². The minimum Gasteiger partial charge on any atom is -0.405 e. The second-order valence-corrected chi connectivity index (χ2v) is 3.48. The van der Waals surface area contributed by atoms with E-state index in [0.717, 1.165) is 5.56 Å². The van der Waals surface area contributed by atoms with E-state index in [1.165, 1.54) is 11.1 Å². The lowest BCUT2D eigenvalue weighted by molar-refractivity contribution is 0.228. The molecule has 70 valence electrons. The number of benzene rings is 1. The van der Waals surface area contributed by atoms with E-state index in [1.807, 2.05) is 30.5 Å². The molecule has 0 aliphatic carbocycles. The van der Waals surface area contributed by atoms with Crippen LogP contribution in [-0.2, 0) is 0 Å². The Morgan fingerprint density at radius 2 is 2.00 bits per heavy atom. The van der Waals surface area contributed by atoms with E-state index in [2.05, 4.69) is 0 Å². The summed E-state index contributed by atoms with van der Waals surface area (Å²) in [5.74, 6) is 0. The monoisotopic (exact) mass is 195 g/mol. The number of nitrogens with two attached hydrogens (primary N) is 1. The molecule has 0 aliphatic heterocycles. The van der Waals surface area contributed by atoms with E-state index in [9.17, 15) is 5.11 Å². The van der Waals surface area contributed by atoms with Crippen molar-refractivity contribution in [3.8, 4) is 0 Å². The number of thioether (sulfide) groups is 1. The Hall–Kier alpha value is -0.930. The van der Waals surface area contributed by atoms with Gasteiger partial charge in [0.15, 0.2) is 0 Å². The first-order chi connectivity index (χ1) is 6.27. The molecular formula is C10H13NOS. The van der Waals surface area contributed by atoms with Gasteiger partial charge in [-0.25, -0.2) is 0 Å². The molecule has 1 unspecified atom stereocenters. The molecule has 0 aromatic heterocycles. The normalized spacial score (nSPS) is 13.4. The fraction of sp³-hybridized carbons (Fsp3) is 0.200. The Balaban J connectivity index is 2.79. The van der Waals surface area contributed by atoms with Crippen molar-refractivity contribution in [1.82, 2.24) is 0 Å². The molecular weight excluding hydrogens is 182 g/mol. The van der Waals surface area contributed by atoms with Crippen LogP contribution in [0.1, 0.15) is 11.7 Å². The van der Waals surface area contributed by atoms with Crippen molar-refractivity contribution in [3.63, 3.8) is 0 Å². The lowest BCUT2D eigenvalue weighted by Crippen LogP contribution is -1.93. The van der Waals surface area contributed by atoms with Crippen molar-refractivity contribution in [3.05, 3.63) is 42.1 Å². The largest absolute Gasteiger partial charge is 0.405 e. The highest BCUT2D eigenvalue weighted by molar-refractivity contribution is 7.98. The van der Waals surface area contributed by atoms with Crippen LogP contribution >= 0.6 is 11.8 Å². The zero-order chi connectivity index (χ0) is 9.68. The van der Waals surface area contributed by atoms with Crippen LogP contribution in [0.4, 0.5) is 0 Å². The molecule has 1 atom stereocenters. The third-order valence-corrected chi connectivity index (χ3v) is 2.49. The molecule has 0 heterocycles. The quantitative estimate of drug-likeness (QED) is 0.724. The lowest BCUT2D eigenvalue weighted by atomic mass is 10.1. The van der Waals surface area contributed by atoms with Crippen molar-refractivity contribution in [2.75, 3.05) is 6.26 Å². The van der Waals surface area contributed by atoms with Gasteiger partial charge in [-0.2, -0.15) is 0 Å². The second kappa shape index (κ2) is 4.94. The average molecular weight is 195 g/mol. The minimum absolute atomic E-state index is 0.596. The molecule has 1 rings (SSSR count). The molecule has 1 aromatic carbocycles. The standard InChI is InChI=1S/C10H13NOS/c1-13-9-4-2-8(3-5-9)10(12)6-7-11/h2-7,10,12H,11H2,1H3/b7-6+. The van der Waals surface area contributed by atoms with Crippen molar-refractivity contribution >= 4 is 11.8 Å². The van der Waals surface area contributed by atoms with Crippen LogP contribution in [-0.4, -0.2) is 11.4 Å². The third-order valence-electron chi connectivity index (χ3n) is 1.75. The van der Waals surface area contributed by atoms with E-state index in [0.29, 0.717) is 0 Å². The van der Waals surface area contributed by atoms with Crippen LogP contribution in [0.25, 0.3) is 0 Å². The van der Waals surface area contributed by atoms with Crippen molar-refractivity contribution in [1.29, 1.82) is 0 Å². The Morgan fingerprint density at radius 1 is 1.38 bits per heavy atom. The summed E-state index contributed by atoms with van der Waals surface area (Å²) < 4.78 is 0. The molecule has 3 N–H and O–H groups in total. The molecule has 13 heavy (non-hydrogen) atoms. The highest BCUT2D eigenvalue weighted by Gasteiger charge is 2.01. The molecule has 0 aliphatic rings. The average Bonchev–Trinajstić information content (AvgIpc) is 2.18. The summed E-state index contributed by atoms with van der Waals surface area (Å²) in [5.41, 5.74) is 6.04. The summed E-state index contributed by atoms with van der Waals surface area (Å²) in [6, 6.07) is 7.76. The minimum atomic E-state index is -0.596. The van der Waals surface area contributed by atoms with Crippen molar-refractivity contribution < 1.29 is 5.11 Å². The van der Waals surface area contributed by atoms with Crippen molar-refractivity contribution in [2.45, 2.75) is 11.0 Å². The van der Waals surface area contributed by atoms with Gasteiger partial charge in [-0.3, -0.25) is 0 Å². The van der Waals surface area contributed by atoms with Crippen LogP contribution in [0.3, 0.4) is 0 Å². The first kappa shape index (κ1) is 10.2. The highest BCUT2D eigenvalue weighted by atomic mass is 32.2. The summed E-state index contributed by atoms with van der Waals surface area (Å²) in [4.78, 5) is 1.19. The maximum atomic E-state index is 9.51. The second-order valence-electron chi connectivity index (χ2n) is 2.60. The fourth-order valence-electron chi connectivity index (χ4n) is 1.02. The zero-order valence-electron chi connectivity index (χ0n) is 7.47. The molecule has 0 fully saturated rings. The maximum Gasteiger partial charge on any atom is 0.0988 e. The van der Waals surface area contributed by atoms with E-state index >= 15 is 0 Å². The molecule has 0 spiro atoms. The molecule has 1 aromatic rings. The molecule has 0 radical (unpaired) electrons. The van der Waals surface area contributed by atoms with Crippen LogP contribution in [0.15, 0.2) is 41.4 Å². The lowest BCUT2D eigenvalue weighted by Gasteiger charge is -2.05. The molecule has 0 bridgehead atoms. The molecule has 0 amide bonds. The number of rotatable bonds is 3. The van der Waals surface area contributed by atoms with Gasteiger partial charge in [-0.05, 0) is 36.2 Å². The van der Waals surface area contributed by atoms with E-state index in [-0.39, 0.29) is 0 Å². The number of hydrogen-bond donors (Lipinski definition) is 2. The predicted molar refractivity (Wildman–Crippen MR) is 56.5 cm³/mol. The van der Waals surface area contributed by atoms with Crippen LogP contribution < -0.4 is 5.73 Å². The van der Waals surface area contributed by atoms with Crippen LogP contribution in [0.2, 0.25) is 0 Å². The smallest absolute Gasteiger partial charge is 0.0988 e. The fourth-order valence-corrected chi connectivity index (χ4v) is 1.43. The Morgan fingerprint density at radius 3 is 2.46 bits per heavy atom. The van der Waals surface area contributed by atoms with Gasteiger partial charge in [0.05, 0.1) is 6.10 Å². The van der Waals surface area contributed by atoms with Gasteiger partial charge in [0, 0.05) is 4.90 Å². The third kappa shape index (κ3) is 2.79. The Kier molecular flexibility index (Phi) is 3.86. The first-order valence-corrected chi connectivity index (χ1v) is 5.21. The summed E-state index contributed by atoms with van der Waals surface area (Å²) in [6.45, 7) is 0. The summed E-state index contributed by atoms with van der Waals surface area (Å²) in [6.07, 6.45) is 4.33. The number of aliphatic hydroxyl groups is 1. The van der Waals surface area contributed by atoms with Gasteiger partial charge in [-0.1, -0.05) is 12.1 Å². The SMILES string of the molecule is CSc1ccc(C(O)/C=C/N)cc1.